The average Bonchev–Trinajstić information content (AvgIpc) is 3.24. The molecular weight excluding hydrogens is 368 g/mol. The minimum atomic E-state index is -0.0967. The minimum absolute atomic E-state index is 0.0967. The second-order valence-electron chi connectivity index (χ2n) is 6.65. The number of aryl methyl sites for hydroxylation is 2. The lowest BCUT2D eigenvalue weighted by Crippen LogP contribution is -2.14. The first kappa shape index (κ1) is 19.3. The van der Waals surface area contributed by atoms with Gasteiger partial charge in [0.05, 0.1) is 5.75 Å². The van der Waals surface area contributed by atoms with Crippen molar-refractivity contribution in [1.82, 2.24) is 25.0 Å². The Kier molecular flexibility index (Phi) is 7.01. The van der Waals surface area contributed by atoms with Crippen molar-refractivity contribution in [2.75, 3.05) is 11.1 Å². The number of carbonyl (C=O) groups excluding carboxylic acids is 1. The maximum atomic E-state index is 12.1. The van der Waals surface area contributed by atoms with Crippen molar-refractivity contribution in [2.45, 2.75) is 70.5 Å². The lowest BCUT2D eigenvalue weighted by molar-refractivity contribution is -0.113. The average molecular weight is 395 g/mol. The molecule has 1 saturated carbocycles. The number of anilines is 1. The van der Waals surface area contributed by atoms with Crippen LogP contribution in [0.3, 0.4) is 0 Å². The van der Waals surface area contributed by atoms with Gasteiger partial charge in [0.1, 0.15) is 10.8 Å². The Morgan fingerprint density at radius 3 is 2.73 bits per heavy atom. The Labute approximate surface area is 162 Å². The summed E-state index contributed by atoms with van der Waals surface area (Å²) >= 11 is 2.79. The van der Waals surface area contributed by atoms with Crippen molar-refractivity contribution in [3.63, 3.8) is 0 Å². The molecule has 1 aliphatic rings. The van der Waals surface area contributed by atoms with Crippen LogP contribution in [0.15, 0.2) is 5.16 Å². The molecule has 26 heavy (non-hydrogen) atoms. The largest absolute Gasteiger partial charge is 0.306 e. The maximum Gasteiger partial charge on any atom is 0.236 e. The highest BCUT2D eigenvalue weighted by Gasteiger charge is 2.17. The molecule has 0 saturated heterocycles. The minimum Gasteiger partial charge on any atom is -0.306 e. The van der Waals surface area contributed by atoms with E-state index in [9.17, 15) is 4.79 Å². The van der Waals surface area contributed by atoms with E-state index in [1.807, 2.05) is 6.92 Å². The van der Waals surface area contributed by atoms with Gasteiger partial charge < -0.3 is 4.57 Å². The summed E-state index contributed by atoms with van der Waals surface area (Å²) in [5.74, 6) is 2.07. The lowest BCUT2D eigenvalue weighted by Gasteiger charge is -2.21. The molecule has 1 fully saturated rings. The van der Waals surface area contributed by atoms with Crippen LogP contribution in [0.2, 0.25) is 0 Å². The van der Waals surface area contributed by atoms with Gasteiger partial charge in [-0.2, -0.15) is 0 Å². The van der Waals surface area contributed by atoms with Crippen LogP contribution in [0.5, 0.6) is 0 Å². The van der Waals surface area contributed by atoms with Crippen LogP contribution in [0.25, 0.3) is 0 Å². The predicted molar refractivity (Wildman–Crippen MR) is 105 cm³/mol. The van der Waals surface area contributed by atoms with Crippen LogP contribution in [-0.4, -0.2) is 36.6 Å². The third-order valence-electron chi connectivity index (χ3n) is 4.72. The van der Waals surface area contributed by atoms with Crippen LogP contribution in [0, 0.1) is 12.8 Å². The highest BCUT2D eigenvalue weighted by Crippen LogP contribution is 2.28. The summed E-state index contributed by atoms with van der Waals surface area (Å²) in [6, 6.07) is 0. The molecule has 9 heteroatoms. The van der Waals surface area contributed by atoms with E-state index in [1.54, 1.807) is 0 Å². The van der Waals surface area contributed by atoms with E-state index in [2.05, 4.69) is 37.2 Å². The number of rotatable bonds is 8. The number of hydrogen-bond acceptors (Lipinski definition) is 7. The molecular formula is C17H26N6OS2. The Morgan fingerprint density at radius 1 is 1.23 bits per heavy atom. The van der Waals surface area contributed by atoms with Crippen molar-refractivity contribution in [1.29, 1.82) is 0 Å². The number of hydrogen-bond donors (Lipinski definition) is 1. The summed E-state index contributed by atoms with van der Waals surface area (Å²) in [5.41, 5.74) is 0. The van der Waals surface area contributed by atoms with E-state index in [-0.39, 0.29) is 5.91 Å². The van der Waals surface area contributed by atoms with E-state index in [4.69, 9.17) is 0 Å². The van der Waals surface area contributed by atoms with E-state index in [0.717, 1.165) is 34.9 Å². The predicted octanol–water partition coefficient (Wildman–Crippen LogP) is 3.70. The van der Waals surface area contributed by atoms with Gasteiger partial charge in [0.15, 0.2) is 5.16 Å². The van der Waals surface area contributed by atoms with Crippen molar-refractivity contribution < 1.29 is 4.79 Å². The molecule has 7 nitrogen and oxygen atoms in total. The molecule has 1 aliphatic carbocycles. The highest BCUT2D eigenvalue weighted by molar-refractivity contribution is 7.99. The molecule has 0 aromatic carbocycles. The van der Waals surface area contributed by atoms with Crippen molar-refractivity contribution in [3.05, 3.63) is 10.8 Å². The van der Waals surface area contributed by atoms with Crippen LogP contribution in [-0.2, 0) is 17.8 Å². The second-order valence-corrected chi connectivity index (χ2v) is 8.77. The highest BCUT2D eigenvalue weighted by atomic mass is 32.2. The van der Waals surface area contributed by atoms with Crippen LogP contribution in [0.4, 0.5) is 5.13 Å². The summed E-state index contributed by atoms with van der Waals surface area (Å²) in [4.78, 5) is 12.1. The summed E-state index contributed by atoms with van der Waals surface area (Å²) in [6.45, 7) is 4.79. The maximum absolute atomic E-state index is 12.1. The van der Waals surface area contributed by atoms with E-state index in [0.29, 0.717) is 10.9 Å². The topological polar surface area (TPSA) is 85.6 Å². The zero-order chi connectivity index (χ0) is 18.4. The zero-order valence-corrected chi connectivity index (χ0v) is 17.0. The molecule has 3 rings (SSSR count). The normalized spacial score (nSPS) is 15.3. The molecule has 0 spiro atoms. The first-order chi connectivity index (χ1) is 12.7. The molecule has 2 aromatic rings. The van der Waals surface area contributed by atoms with Crippen molar-refractivity contribution in [2.24, 2.45) is 5.92 Å². The standard InChI is InChI=1S/C17H26N6OS2/c1-3-23-14(10-9-13-7-5-4-6-8-13)20-22-17(23)25-11-15(24)18-16-21-19-12(2)26-16/h13H,3-11H2,1-2H3,(H,18,21,24). The van der Waals surface area contributed by atoms with Crippen molar-refractivity contribution >= 4 is 34.1 Å². The van der Waals surface area contributed by atoms with Gasteiger partial charge in [-0.05, 0) is 26.2 Å². The van der Waals surface area contributed by atoms with Crippen LogP contribution < -0.4 is 5.32 Å². The summed E-state index contributed by atoms with van der Waals surface area (Å²) < 4.78 is 2.13. The van der Waals surface area contributed by atoms with Crippen LogP contribution >= 0.6 is 23.1 Å². The SMILES string of the molecule is CCn1c(CCC2CCCCC2)nnc1SCC(=O)Nc1nnc(C)s1. The Balaban J connectivity index is 1.51. The molecule has 0 atom stereocenters. The monoisotopic (exact) mass is 394 g/mol. The van der Waals surface area contributed by atoms with E-state index >= 15 is 0 Å². The fraction of sp³-hybridized carbons (Fsp3) is 0.706. The number of carbonyl (C=O) groups is 1. The van der Waals surface area contributed by atoms with Gasteiger partial charge in [-0.1, -0.05) is 55.2 Å². The fourth-order valence-electron chi connectivity index (χ4n) is 3.37. The molecule has 0 unspecified atom stereocenters. The first-order valence-corrected chi connectivity index (χ1v) is 11.1. The zero-order valence-electron chi connectivity index (χ0n) is 15.4. The van der Waals surface area contributed by atoms with Gasteiger partial charge in [0, 0.05) is 13.0 Å². The third kappa shape index (κ3) is 5.26. The van der Waals surface area contributed by atoms with Crippen LogP contribution in [0.1, 0.15) is 56.3 Å². The third-order valence-corrected chi connectivity index (χ3v) is 6.44. The number of thioether (sulfide) groups is 1. The van der Waals surface area contributed by atoms with Gasteiger partial charge >= 0.3 is 0 Å². The Morgan fingerprint density at radius 2 is 2.04 bits per heavy atom. The first-order valence-electron chi connectivity index (χ1n) is 9.30. The summed E-state index contributed by atoms with van der Waals surface area (Å²) in [7, 11) is 0. The summed E-state index contributed by atoms with van der Waals surface area (Å²) in [6.07, 6.45) is 9.01. The summed E-state index contributed by atoms with van der Waals surface area (Å²) in [5, 5.41) is 21.5. The molecule has 142 valence electrons. The Bertz CT molecular complexity index is 723. The van der Waals surface area contributed by atoms with E-state index < -0.39 is 0 Å². The quantitative estimate of drug-likeness (QED) is 0.687. The fourth-order valence-corrected chi connectivity index (χ4v) is 4.80. The van der Waals surface area contributed by atoms with Gasteiger partial charge in [0.25, 0.3) is 0 Å². The smallest absolute Gasteiger partial charge is 0.236 e. The van der Waals surface area contributed by atoms with E-state index in [1.165, 1.54) is 61.6 Å². The molecule has 0 bridgehead atoms. The van der Waals surface area contributed by atoms with Gasteiger partial charge in [-0.25, -0.2) is 0 Å². The van der Waals surface area contributed by atoms with Gasteiger partial charge in [0.2, 0.25) is 11.0 Å². The lowest BCUT2D eigenvalue weighted by atomic mass is 9.86. The molecule has 1 amide bonds. The molecule has 2 heterocycles. The molecule has 2 aromatic heterocycles. The van der Waals surface area contributed by atoms with Gasteiger partial charge in [-0.3, -0.25) is 10.1 Å². The van der Waals surface area contributed by atoms with Gasteiger partial charge in [-0.15, -0.1) is 20.4 Å². The second kappa shape index (κ2) is 9.45. The molecule has 0 aliphatic heterocycles. The van der Waals surface area contributed by atoms with Crippen molar-refractivity contribution in [3.8, 4) is 0 Å². The number of aromatic nitrogens is 5. The number of nitrogens with zero attached hydrogens (tertiary/aromatic N) is 5. The molecule has 0 radical (unpaired) electrons. The molecule has 1 N–H and O–H groups in total. The number of nitrogens with one attached hydrogen (secondary N) is 1. The Hall–Kier alpha value is -1.48. The number of amides is 1.